The second-order valence-corrected chi connectivity index (χ2v) is 8.60. The van der Waals surface area contributed by atoms with Crippen molar-refractivity contribution in [3.8, 4) is 11.4 Å². The van der Waals surface area contributed by atoms with Gasteiger partial charge in [-0.1, -0.05) is 42.8 Å². The van der Waals surface area contributed by atoms with Gasteiger partial charge in [0.25, 0.3) is 0 Å². The van der Waals surface area contributed by atoms with Gasteiger partial charge < -0.3 is 14.8 Å². The van der Waals surface area contributed by atoms with Crippen molar-refractivity contribution in [3.05, 3.63) is 54.1 Å². The van der Waals surface area contributed by atoms with E-state index in [1.54, 1.807) is 0 Å². The third-order valence-corrected chi connectivity index (χ3v) is 6.59. The van der Waals surface area contributed by atoms with Crippen LogP contribution in [0.3, 0.4) is 0 Å². The lowest BCUT2D eigenvalue weighted by Gasteiger charge is -2.26. The minimum absolute atomic E-state index is 0.521. The summed E-state index contributed by atoms with van der Waals surface area (Å²) in [6, 6.07) is 18.2. The quantitative estimate of drug-likeness (QED) is 0.645. The highest BCUT2D eigenvalue weighted by Crippen LogP contribution is 2.28. The number of likely N-dealkylation sites (tertiary alicyclic amines) is 1. The Kier molecular flexibility index (Phi) is 5.64. The molecule has 2 fully saturated rings. The predicted octanol–water partition coefficient (Wildman–Crippen LogP) is 5.00. The van der Waals surface area contributed by atoms with Gasteiger partial charge in [0.1, 0.15) is 5.82 Å². The van der Waals surface area contributed by atoms with Gasteiger partial charge in [0.15, 0.2) is 0 Å². The lowest BCUT2D eigenvalue weighted by molar-refractivity contribution is 0.223. The van der Waals surface area contributed by atoms with Gasteiger partial charge in [0.05, 0.1) is 11.0 Å². The number of hydrogen-bond donors (Lipinski definition) is 1. The molecule has 2 aromatic carbocycles. The molecule has 5 rings (SSSR count). The molecule has 4 nitrogen and oxygen atoms in total. The molecule has 0 saturated carbocycles. The Morgan fingerprint density at radius 1 is 0.897 bits per heavy atom. The van der Waals surface area contributed by atoms with Crippen molar-refractivity contribution < 1.29 is 0 Å². The molecule has 152 valence electrons. The molecule has 2 aliphatic rings. The first-order chi connectivity index (χ1) is 14.4. The molecule has 2 saturated heterocycles. The normalized spacial score (nSPS) is 20.5. The predicted molar refractivity (Wildman–Crippen MR) is 120 cm³/mol. The van der Waals surface area contributed by atoms with Crippen LogP contribution in [-0.2, 0) is 6.54 Å². The van der Waals surface area contributed by atoms with Gasteiger partial charge in [0.2, 0.25) is 0 Å². The van der Waals surface area contributed by atoms with Crippen LogP contribution >= 0.6 is 0 Å². The maximum Gasteiger partial charge on any atom is 0.141 e. The van der Waals surface area contributed by atoms with Gasteiger partial charge in [-0.3, -0.25) is 0 Å². The lowest BCUT2D eigenvalue weighted by Crippen LogP contribution is -2.31. The maximum absolute atomic E-state index is 5.01. The van der Waals surface area contributed by atoms with E-state index in [2.05, 4.69) is 63.3 Å². The second-order valence-electron chi connectivity index (χ2n) is 8.60. The minimum Gasteiger partial charge on any atom is -0.324 e. The Labute approximate surface area is 173 Å². The van der Waals surface area contributed by atoms with Gasteiger partial charge in [-0.25, -0.2) is 4.98 Å². The minimum atomic E-state index is 0.521. The molecule has 1 N–H and O–H groups in total. The molecule has 0 amide bonds. The van der Waals surface area contributed by atoms with Crippen molar-refractivity contribution in [2.75, 3.05) is 26.2 Å². The average Bonchev–Trinajstić information content (AvgIpc) is 3.43. The van der Waals surface area contributed by atoms with Crippen LogP contribution in [0.2, 0.25) is 0 Å². The van der Waals surface area contributed by atoms with Crippen molar-refractivity contribution >= 4 is 11.0 Å². The first-order valence-corrected chi connectivity index (χ1v) is 11.4. The zero-order chi connectivity index (χ0) is 19.5. The Balaban J connectivity index is 1.38. The summed E-state index contributed by atoms with van der Waals surface area (Å²) in [5.74, 6) is 1.11. The van der Waals surface area contributed by atoms with Crippen LogP contribution in [0.15, 0.2) is 48.5 Å². The van der Waals surface area contributed by atoms with Crippen LogP contribution in [-0.4, -0.2) is 40.6 Å². The molecule has 0 aliphatic carbocycles. The highest BCUT2D eigenvalue weighted by molar-refractivity contribution is 5.80. The summed E-state index contributed by atoms with van der Waals surface area (Å²) in [5.41, 5.74) is 4.98. The maximum atomic E-state index is 5.01. The molecule has 0 bridgehead atoms. The van der Waals surface area contributed by atoms with E-state index in [-0.39, 0.29) is 0 Å². The standard InChI is InChI=1S/C25H32N4/c1-4-16-28(17-5-1)18-7-19-29-24-10-3-2-8-23(24)27-25(29)21-13-11-20(12-14-21)22-9-6-15-26-22/h2-3,8,10-14,22,26H,1,4-7,9,15-19H2/t22-/m0/s1. The fourth-order valence-electron chi connectivity index (χ4n) is 4.99. The highest BCUT2D eigenvalue weighted by atomic mass is 15.1. The summed E-state index contributed by atoms with van der Waals surface area (Å²) < 4.78 is 2.43. The number of aromatic nitrogens is 2. The van der Waals surface area contributed by atoms with Crippen LogP contribution in [0.25, 0.3) is 22.4 Å². The Bertz CT molecular complexity index is 931. The van der Waals surface area contributed by atoms with Crippen LogP contribution in [0.5, 0.6) is 0 Å². The van der Waals surface area contributed by atoms with E-state index in [9.17, 15) is 0 Å². The number of fused-ring (bicyclic) bond motifs is 1. The molecule has 0 radical (unpaired) electrons. The molecular weight excluding hydrogens is 356 g/mol. The number of piperidine rings is 1. The highest BCUT2D eigenvalue weighted by Gasteiger charge is 2.17. The van der Waals surface area contributed by atoms with E-state index in [0.717, 1.165) is 24.4 Å². The van der Waals surface area contributed by atoms with Crippen LogP contribution < -0.4 is 5.32 Å². The van der Waals surface area contributed by atoms with E-state index < -0.39 is 0 Å². The number of imidazole rings is 1. The number of nitrogens with zero attached hydrogens (tertiary/aromatic N) is 3. The fourth-order valence-corrected chi connectivity index (χ4v) is 4.99. The Morgan fingerprint density at radius 3 is 2.52 bits per heavy atom. The molecule has 0 spiro atoms. The molecule has 4 heteroatoms. The van der Waals surface area contributed by atoms with Crippen LogP contribution in [0.4, 0.5) is 0 Å². The molecule has 29 heavy (non-hydrogen) atoms. The molecular formula is C25H32N4. The van der Waals surface area contributed by atoms with E-state index in [0.29, 0.717) is 6.04 Å². The van der Waals surface area contributed by atoms with Crippen LogP contribution in [0, 0.1) is 0 Å². The Morgan fingerprint density at radius 2 is 1.72 bits per heavy atom. The smallest absolute Gasteiger partial charge is 0.141 e. The topological polar surface area (TPSA) is 33.1 Å². The van der Waals surface area contributed by atoms with Gasteiger partial charge in [-0.15, -0.1) is 0 Å². The molecule has 1 aromatic heterocycles. The first kappa shape index (κ1) is 18.8. The SMILES string of the molecule is c1ccc2c(c1)nc(-c1ccc([C@@H]3CCCN3)cc1)n2CCCN1CCCCC1. The van der Waals surface area contributed by atoms with E-state index in [1.165, 1.54) is 74.8 Å². The third kappa shape index (κ3) is 4.10. The van der Waals surface area contributed by atoms with Crippen molar-refractivity contribution in [1.29, 1.82) is 0 Å². The fraction of sp³-hybridized carbons (Fsp3) is 0.480. The second kappa shape index (κ2) is 8.68. The van der Waals surface area contributed by atoms with Gasteiger partial charge in [0, 0.05) is 18.2 Å². The zero-order valence-corrected chi connectivity index (χ0v) is 17.3. The summed E-state index contributed by atoms with van der Waals surface area (Å²) in [7, 11) is 0. The summed E-state index contributed by atoms with van der Waals surface area (Å²) >= 11 is 0. The van der Waals surface area contributed by atoms with Crippen molar-refractivity contribution in [2.24, 2.45) is 0 Å². The molecule has 0 unspecified atom stereocenters. The van der Waals surface area contributed by atoms with Gasteiger partial charge in [-0.05, 0) is 76.0 Å². The summed E-state index contributed by atoms with van der Waals surface area (Å²) in [5, 5.41) is 3.60. The van der Waals surface area contributed by atoms with Gasteiger partial charge in [-0.2, -0.15) is 0 Å². The number of aryl methyl sites for hydroxylation is 1. The van der Waals surface area contributed by atoms with Crippen molar-refractivity contribution in [2.45, 2.75) is 51.1 Å². The molecule has 3 heterocycles. The van der Waals surface area contributed by atoms with E-state index in [1.807, 2.05) is 0 Å². The number of hydrogen-bond acceptors (Lipinski definition) is 3. The largest absolute Gasteiger partial charge is 0.324 e. The van der Waals surface area contributed by atoms with Crippen molar-refractivity contribution in [3.63, 3.8) is 0 Å². The summed E-state index contributed by atoms with van der Waals surface area (Å²) in [4.78, 5) is 7.64. The average molecular weight is 389 g/mol. The summed E-state index contributed by atoms with van der Waals surface area (Å²) in [6.07, 6.45) is 7.83. The van der Waals surface area contributed by atoms with E-state index >= 15 is 0 Å². The zero-order valence-electron chi connectivity index (χ0n) is 17.3. The summed E-state index contributed by atoms with van der Waals surface area (Å²) in [6.45, 7) is 5.90. The number of rotatable bonds is 6. The van der Waals surface area contributed by atoms with E-state index in [4.69, 9.17) is 4.98 Å². The Hall–Kier alpha value is -2.17. The van der Waals surface area contributed by atoms with Crippen molar-refractivity contribution in [1.82, 2.24) is 19.8 Å². The van der Waals surface area contributed by atoms with Crippen LogP contribution in [0.1, 0.15) is 50.1 Å². The monoisotopic (exact) mass is 388 g/mol. The third-order valence-electron chi connectivity index (χ3n) is 6.59. The molecule has 1 atom stereocenters. The number of para-hydroxylation sites is 2. The molecule has 2 aliphatic heterocycles. The first-order valence-electron chi connectivity index (χ1n) is 11.4. The lowest BCUT2D eigenvalue weighted by atomic mass is 10.0. The molecule has 3 aromatic rings. The number of nitrogens with one attached hydrogen (secondary N) is 1. The van der Waals surface area contributed by atoms with Gasteiger partial charge >= 0.3 is 0 Å². The number of benzene rings is 2.